The predicted octanol–water partition coefficient (Wildman–Crippen LogP) is 1.75. The molecule has 0 aliphatic rings. The maximum Gasteiger partial charge on any atom is 0.319 e. The van der Waals surface area contributed by atoms with Gasteiger partial charge in [0.1, 0.15) is 5.75 Å². The molecule has 0 spiro atoms. The van der Waals surface area contributed by atoms with Crippen LogP contribution in [0, 0.1) is 6.92 Å². The summed E-state index contributed by atoms with van der Waals surface area (Å²) in [5.74, 6) is 0.661. The Labute approximate surface area is 83.3 Å². The second kappa shape index (κ2) is 4.50. The zero-order valence-corrected chi connectivity index (χ0v) is 8.55. The number of aryl methyl sites for hydroxylation is 1. The molecule has 2 N–H and O–H groups in total. The molecule has 0 saturated heterocycles. The molecular formula is C10H14N2O2. The van der Waals surface area contributed by atoms with Crippen LogP contribution in [0.1, 0.15) is 5.56 Å². The summed E-state index contributed by atoms with van der Waals surface area (Å²) >= 11 is 0. The molecule has 0 fully saturated rings. The van der Waals surface area contributed by atoms with Crippen LogP contribution in [0.5, 0.6) is 5.75 Å². The third-order valence-electron chi connectivity index (χ3n) is 1.83. The zero-order chi connectivity index (χ0) is 10.6. The summed E-state index contributed by atoms with van der Waals surface area (Å²) in [6.45, 7) is 1.96. The number of ether oxygens (including phenoxy) is 1. The van der Waals surface area contributed by atoms with E-state index in [2.05, 4.69) is 10.6 Å². The van der Waals surface area contributed by atoms with Gasteiger partial charge in [-0.15, -0.1) is 0 Å². The minimum absolute atomic E-state index is 0.257. The summed E-state index contributed by atoms with van der Waals surface area (Å²) in [6, 6.07) is 5.33. The Bertz CT molecular complexity index is 337. The first kappa shape index (κ1) is 10.4. The van der Waals surface area contributed by atoms with Gasteiger partial charge in [0.25, 0.3) is 0 Å². The number of urea groups is 1. The number of amides is 2. The average Bonchev–Trinajstić information content (AvgIpc) is 2.20. The van der Waals surface area contributed by atoms with Gasteiger partial charge in [-0.25, -0.2) is 4.79 Å². The summed E-state index contributed by atoms with van der Waals surface area (Å²) in [5, 5.41) is 5.14. The quantitative estimate of drug-likeness (QED) is 0.753. The largest absolute Gasteiger partial charge is 0.495 e. The molecule has 0 heterocycles. The maximum absolute atomic E-state index is 11.1. The van der Waals surface area contributed by atoms with Crippen molar-refractivity contribution >= 4 is 11.7 Å². The lowest BCUT2D eigenvalue weighted by molar-refractivity contribution is 0.254. The lowest BCUT2D eigenvalue weighted by Gasteiger charge is -2.10. The standard InChI is InChI=1S/C10H14N2O2/c1-7-4-5-8(9(6-7)14-3)12-10(13)11-2/h4-6H,1-3H3,(H2,11,12,13). The van der Waals surface area contributed by atoms with Gasteiger partial charge in [0.05, 0.1) is 12.8 Å². The minimum Gasteiger partial charge on any atom is -0.495 e. The van der Waals surface area contributed by atoms with Crippen molar-refractivity contribution in [2.24, 2.45) is 0 Å². The number of nitrogens with one attached hydrogen (secondary N) is 2. The van der Waals surface area contributed by atoms with Crippen molar-refractivity contribution in [2.75, 3.05) is 19.5 Å². The Kier molecular flexibility index (Phi) is 3.34. The van der Waals surface area contributed by atoms with E-state index in [1.807, 2.05) is 25.1 Å². The van der Waals surface area contributed by atoms with Gasteiger partial charge in [0.2, 0.25) is 0 Å². The van der Waals surface area contributed by atoms with Crippen LogP contribution in [-0.2, 0) is 0 Å². The van der Waals surface area contributed by atoms with E-state index < -0.39 is 0 Å². The molecule has 4 heteroatoms. The monoisotopic (exact) mass is 194 g/mol. The summed E-state index contributed by atoms with van der Waals surface area (Å²) in [5.41, 5.74) is 1.75. The summed E-state index contributed by atoms with van der Waals surface area (Å²) < 4.78 is 5.13. The van der Waals surface area contributed by atoms with Crippen LogP contribution in [0.2, 0.25) is 0 Å². The molecule has 0 atom stereocenters. The normalized spacial score (nSPS) is 9.36. The highest BCUT2D eigenvalue weighted by molar-refractivity contribution is 5.90. The van der Waals surface area contributed by atoms with E-state index in [-0.39, 0.29) is 6.03 Å². The van der Waals surface area contributed by atoms with Crippen LogP contribution in [0.25, 0.3) is 0 Å². The lowest BCUT2D eigenvalue weighted by atomic mass is 10.2. The van der Waals surface area contributed by atoms with Crippen LogP contribution < -0.4 is 15.4 Å². The van der Waals surface area contributed by atoms with Crippen molar-refractivity contribution in [3.8, 4) is 5.75 Å². The van der Waals surface area contributed by atoms with Crippen molar-refractivity contribution < 1.29 is 9.53 Å². The Balaban J connectivity index is 2.90. The van der Waals surface area contributed by atoms with Gasteiger partial charge in [-0.05, 0) is 24.6 Å². The first-order chi connectivity index (χ1) is 6.67. The van der Waals surface area contributed by atoms with Gasteiger partial charge in [0, 0.05) is 7.05 Å². The van der Waals surface area contributed by atoms with Crippen LogP contribution in [0.15, 0.2) is 18.2 Å². The molecule has 0 aromatic heterocycles. The third-order valence-corrected chi connectivity index (χ3v) is 1.83. The third kappa shape index (κ3) is 2.39. The van der Waals surface area contributed by atoms with Crippen LogP contribution >= 0.6 is 0 Å². The van der Waals surface area contributed by atoms with Gasteiger partial charge in [-0.1, -0.05) is 6.07 Å². The van der Waals surface area contributed by atoms with Crippen molar-refractivity contribution in [3.63, 3.8) is 0 Å². The zero-order valence-electron chi connectivity index (χ0n) is 8.55. The van der Waals surface area contributed by atoms with Crippen molar-refractivity contribution in [3.05, 3.63) is 23.8 Å². The van der Waals surface area contributed by atoms with Crippen molar-refractivity contribution in [2.45, 2.75) is 6.92 Å². The highest BCUT2D eigenvalue weighted by atomic mass is 16.5. The van der Waals surface area contributed by atoms with Gasteiger partial charge in [-0.2, -0.15) is 0 Å². The molecule has 1 aromatic carbocycles. The summed E-state index contributed by atoms with van der Waals surface area (Å²) in [7, 11) is 3.14. The highest BCUT2D eigenvalue weighted by Crippen LogP contribution is 2.24. The molecule has 1 aromatic rings. The number of hydrogen-bond donors (Lipinski definition) is 2. The number of methoxy groups -OCH3 is 1. The first-order valence-corrected chi connectivity index (χ1v) is 4.30. The number of rotatable bonds is 2. The van der Waals surface area contributed by atoms with E-state index in [1.54, 1.807) is 14.2 Å². The fraction of sp³-hybridized carbons (Fsp3) is 0.300. The highest BCUT2D eigenvalue weighted by Gasteiger charge is 2.05. The molecule has 4 nitrogen and oxygen atoms in total. The van der Waals surface area contributed by atoms with E-state index in [0.29, 0.717) is 11.4 Å². The lowest BCUT2D eigenvalue weighted by Crippen LogP contribution is -2.24. The van der Waals surface area contributed by atoms with Gasteiger partial charge in [0.15, 0.2) is 0 Å². The van der Waals surface area contributed by atoms with Crippen molar-refractivity contribution in [1.82, 2.24) is 5.32 Å². The van der Waals surface area contributed by atoms with E-state index in [1.165, 1.54) is 0 Å². The summed E-state index contributed by atoms with van der Waals surface area (Å²) in [4.78, 5) is 11.1. The molecule has 0 bridgehead atoms. The number of carbonyl (C=O) groups excluding carboxylic acids is 1. The molecule has 76 valence electrons. The predicted molar refractivity (Wildman–Crippen MR) is 55.8 cm³/mol. The molecule has 0 unspecified atom stereocenters. The minimum atomic E-state index is -0.257. The van der Waals surface area contributed by atoms with Crippen LogP contribution in [-0.4, -0.2) is 20.2 Å². The van der Waals surface area contributed by atoms with E-state index in [9.17, 15) is 4.79 Å². The van der Waals surface area contributed by atoms with Crippen molar-refractivity contribution in [1.29, 1.82) is 0 Å². The maximum atomic E-state index is 11.1. The van der Waals surface area contributed by atoms with Gasteiger partial charge < -0.3 is 15.4 Å². The SMILES string of the molecule is CNC(=O)Nc1ccc(C)cc1OC. The molecular weight excluding hydrogens is 180 g/mol. The molecule has 0 aliphatic heterocycles. The average molecular weight is 194 g/mol. The number of anilines is 1. The first-order valence-electron chi connectivity index (χ1n) is 4.30. The number of hydrogen-bond acceptors (Lipinski definition) is 2. The van der Waals surface area contributed by atoms with E-state index in [4.69, 9.17) is 4.74 Å². The molecule has 0 aliphatic carbocycles. The Morgan fingerprint density at radius 2 is 2.14 bits per heavy atom. The van der Waals surface area contributed by atoms with Gasteiger partial charge >= 0.3 is 6.03 Å². The fourth-order valence-corrected chi connectivity index (χ4v) is 1.09. The molecule has 1 rings (SSSR count). The number of carbonyl (C=O) groups is 1. The molecule has 0 radical (unpaired) electrons. The fourth-order valence-electron chi connectivity index (χ4n) is 1.09. The van der Waals surface area contributed by atoms with E-state index >= 15 is 0 Å². The Morgan fingerprint density at radius 3 is 2.71 bits per heavy atom. The van der Waals surface area contributed by atoms with Crippen LogP contribution in [0.3, 0.4) is 0 Å². The second-order valence-corrected chi connectivity index (χ2v) is 2.91. The van der Waals surface area contributed by atoms with E-state index in [0.717, 1.165) is 5.56 Å². The molecule has 0 saturated carbocycles. The smallest absolute Gasteiger partial charge is 0.319 e. The van der Waals surface area contributed by atoms with Gasteiger partial charge in [-0.3, -0.25) is 0 Å². The summed E-state index contributed by atoms with van der Waals surface area (Å²) in [6.07, 6.45) is 0. The Morgan fingerprint density at radius 1 is 1.43 bits per heavy atom. The van der Waals surface area contributed by atoms with Crippen LogP contribution in [0.4, 0.5) is 10.5 Å². The topological polar surface area (TPSA) is 50.4 Å². The number of benzene rings is 1. The second-order valence-electron chi connectivity index (χ2n) is 2.91. The molecule has 14 heavy (non-hydrogen) atoms. The Hall–Kier alpha value is -1.71. The molecule has 2 amide bonds.